The van der Waals surface area contributed by atoms with Crippen LogP contribution < -0.4 is 4.90 Å². The Balaban J connectivity index is 1.66. The summed E-state index contributed by atoms with van der Waals surface area (Å²) >= 11 is 0. The molecule has 1 fully saturated rings. The monoisotopic (exact) mass is 369 g/mol. The molecule has 2 aromatic heterocycles. The van der Waals surface area contributed by atoms with Crippen LogP contribution in [0, 0.1) is 5.82 Å². The molecule has 0 amide bonds. The van der Waals surface area contributed by atoms with Gasteiger partial charge in [0.05, 0.1) is 6.10 Å². The fraction of sp³-hybridized carbons (Fsp3) is 0.450. The normalized spacial score (nSPS) is 21.0. The molecule has 27 heavy (non-hydrogen) atoms. The topological polar surface area (TPSA) is 55.6 Å². The van der Waals surface area contributed by atoms with E-state index < -0.39 is 0 Å². The third-order valence-electron chi connectivity index (χ3n) is 4.75. The SMILES string of the molecule is CC1CN(c2ccc3nnc(C(C)(C)C)n3n2)CC(c2ccc(F)cc2)O1. The summed E-state index contributed by atoms with van der Waals surface area (Å²) in [7, 11) is 0. The Kier molecular flexibility index (Phi) is 4.34. The van der Waals surface area contributed by atoms with Crippen LogP contribution >= 0.6 is 0 Å². The molecule has 0 bridgehead atoms. The maximum atomic E-state index is 13.2. The molecular weight excluding hydrogens is 345 g/mol. The van der Waals surface area contributed by atoms with Crippen LogP contribution in [0.1, 0.15) is 45.2 Å². The van der Waals surface area contributed by atoms with Gasteiger partial charge in [-0.2, -0.15) is 4.52 Å². The first-order valence-electron chi connectivity index (χ1n) is 9.20. The number of aromatic nitrogens is 4. The summed E-state index contributed by atoms with van der Waals surface area (Å²) in [5.41, 5.74) is 1.55. The molecule has 1 aromatic carbocycles. The lowest BCUT2D eigenvalue weighted by Gasteiger charge is -2.37. The highest BCUT2D eigenvalue weighted by Crippen LogP contribution is 2.29. The van der Waals surface area contributed by atoms with E-state index in [1.165, 1.54) is 12.1 Å². The molecular formula is C20H24FN5O. The number of morpholine rings is 1. The second kappa shape index (κ2) is 6.56. The van der Waals surface area contributed by atoms with Gasteiger partial charge < -0.3 is 9.64 Å². The molecule has 1 aliphatic heterocycles. The van der Waals surface area contributed by atoms with Gasteiger partial charge >= 0.3 is 0 Å². The summed E-state index contributed by atoms with van der Waals surface area (Å²) in [6, 6.07) is 10.4. The largest absolute Gasteiger partial charge is 0.367 e. The molecule has 0 N–H and O–H groups in total. The molecule has 3 aromatic rings. The molecule has 6 nitrogen and oxygen atoms in total. The summed E-state index contributed by atoms with van der Waals surface area (Å²) in [5, 5.41) is 13.3. The Morgan fingerprint density at radius 3 is 2.48 bits per heavy atom. The Bertz CT molecular complexity index is 947. The van der Waals surface area contributed by atoms with E-state index >= 15 is 0 Å². The zero-order chi connectivity index (χ0) is 19.2. The van der Waals surface area contributed by atoms with Crippen LogP contribution in [0.15, 0.2) is 36.4 Å². The minimum absolute atomic E-state index is 0.0364. The van der Waals surface area contributed by atoms with Gasteiger partial charge in [-0.25, -0.2) is 4.39 Å². The fourth-order valence-corrected chi connectivity index (χ4v) is 3.42. The highest BCUT2D eigenvalue weighted by Gasteiger charge is 2.28. The quantitative estimate of drug-likeness (QED) is 0.692. The highest BCUT2D eigenvalue weighted by atomic mass is 19.1. The van der Waals surface area contributed by atoms with Crippen molar-refractivity contribution in [2.24, 2.45) is 0 Å². The minimum atomic E-state index is -0.242. The van der Waals surface area contributed by atoms with Gasteiger partial charge in [-0.3, -0.25) is 0 Å². The second-order valence-electron chi connectivity index (χ2n) is 8.13. The molecule has 2 unspecified atom stereocenters. The lowest BCUT2D eigenvalue weighted by atomic mass is 9.96. The molecule has 7 heteroatoms. The van der Waals surface area contributed by atoms with Crippen molar-refractivity contribution in [3.05, 3.63) is 53.6 Å². The van der Waals surface area contributed by atoms with Crippen molar-refractivity contribution >= 4 is 11.5 Å². The third-order valence-corrected chi connectivity index (χ3v) is 4.75. The number of anilines is 1. The van der Waals surface area contributed by atoms with Crippen molar-refractivity contribution in [1.29, 1.82) is 0 Å². The first-order valence-corrected chi connectivity index (χ1v) is 9.20. The Labute approximate surface area is 158 Å². The summed E-state index contributed by atoms with van der Waals surface area (Å²) in [6.45, 7) is 9.72. The standard InChI is InChI=1S/C20H24FN5O/c1-13-11-25(12-16(27-13)14-5-7-15(21)8-6-14)18-10-9-17-22-23-19(20(2,3)4)26(17)24-18/h5-10,13,16H,11-12H2,1-4H3. The van der Waals surface area contributed by atoms with Crippen molar-refractivity contribution < 1.29 is 9.13 Å². The number of hydrogen-bond acceptors (Lipinski definition) is 5. The predicted octanol–water partition coefficient (Wildman–Crippen LogP) is 3.53. The van der Waals surface area contributed by atoms with E-state index in [0.717, 1.165) is 29.4 Å². The average Bonchev–Trinajstić information content (AvgIpc) is 3.05. The number of halogens is 1. The Morgan fingerprint density at radius 2 is 1.78 bits per heavy atom. The van der Waals surface area contributed by atoms with Crippen LogP contribution in [0.3, 0.4) is 0 Å². The van der Waals surface area contributed by atoms with E-state index in [-0.39, 0.29) is 23.4 Å². The van der Waals surface area contributed by atoms with Gasteiger partial charge in [0.25, 0.3) is 0 Å². The van der Waals surface area contributed by atoms with Gasteiger partial charge in [0.1, 0.15) is 17.7 Å². The molecule has 1 aliphatic rings. The van der Waals surface area contributed by atoms with Crippen LogP contribution in [-0.2, 0) is 10.2 Å². The zero-order valence-corrected chi connectivity index (χ0v) is 16.1. The van der Waals surface area contributed by atoms with Crippen LogP contribution in [0.25, 0.3) is 5.65 Å². The zero-order valence-electron chi connectivity index (χ0n) is 16.1. The molecule has 0 radical (unpaired) electrons. The van der Waals surface area contributed by atoms with Crippen LogP contribution in [-0.4, -0.2) is 39.0 Å². The summed E-state index contributed by atoms with van der Waals surface area (Å²) in [4.78, 5) is 2.20. The van der Waals surface area contributed by atoms with Crippen LogP contribution in [0.5, 0.6) is 0 Å². The highest BCUT2D eigenvalue weighted by molar-refractivity contribution is 5.47. The molecule has 0 aliphatic carbocycles. The predicted molar refractivity (Wildman–Crippen MR) is 101 cm³/mol. The summed E-state index contributed by atoms with van der Waals surface area (Å²) in [6.07, 6.45) is -0.0934. The molecule has 0 spiro atoms. The number of rotatable bonds is 2. The number of ether oxygens (including phenoxy) is 1. The first-order chi connectivity index (χ1) is 12.8. The Morgan fingerprint density at radius 1 is 1.04 bits per heavy atom. The lowest BCUT2D eigenvalue weighted by molar-refractivity contribution is -0.0176. The van der Waals surface area contributed by atoms with Gasteiger partial charge in [-0.05, 0) is 36.8 Å². The molecule has 142 valence electrons. The molecule has 0 saturated carbocycles. The average molecular weight is 369 g/mol. The summed E-state index contributed by atoms with van der Waals surface area (Å²) in [5.74, 6) is 1.44. The van der Waals surface area contributed by atoms with E-state index in [1.807, 2.05) is 23.6 Å². The van der Waals surface area contributed by atoms with E-state index in [2.05, 4.69) is 35.9 Å². The molecule has 2 atom stereocenters. The maximum Gasteiger partial charge on any atom is 0.178 e. The summed E-state index contributed by atoms with van der Waals surface area (Å²) < 4.78 is 21.2. The van der Waals surface area contributed by atoms with E-state index in [1.54, 1.807) is 12.1 Å². The molecule has 3 heterocycles. The smallest absolute Gasteiger partial charge is 0.178 e. The minimum Gasteiger partial charge on any atom is -0.367 e. The fourth-order valence-electron chi connectivity index (χ4n) is 3.42. The van der Waals surface area contributed by atoms with Gasteiger partial charge in [0, 0.05) is 18.5 Å². The van der Waals surface area contributed by atoms with E-state index in [0.29, 0.717) is 6.54 Å². The van der Waals surface area contributed by atoms with Crippen molar-refractivity contribution in [2.45, 2.75) is 45.3 Å². The van der Waals surface area contributed by atoms with Crippen molar-refractivity contribution in [3.63, 3.8) is 0 Å². The van der Waals surface area contributed by atoms with Gasteiger partial charge in [0.2, 0.25) is 0 Å². The van der Waals surface area contributed by atoms with Gasteiger partial charge in [-0.1, -0.05) is 32.9 Å². The third kappa shape index (κ3) is 3.51. The van der Waals surface area contributed by atoms with E-state index in [4.69, 9.17) is 9.84 Å². The second-order valence-corrected chi connectivity index (χ2v) is 8.13. The van der Waals surface area contributed by atoms with Crippen molar-refractivity contribution in [3.8, 4) is 0 Å². The Hall–Kier alpha value is -2.54. The van der Waals surface area contributed by atoms with Gasteiger partial charge in [0.15, 0.2) is 11.5 Å². The molecule has 1 saturated heterocycles. The number of benzene rings is 1. The van der Waals surface area contributed by atoms with Crippen molar-refractivity contribution in [1.82, 2.24) is 19.8 Å². The maximum absolute atomic E-state index is 13.2. The van der Waals surface area contributed by atoms with Gasteiger partial charge in [-0.15, -0.1) is 15.3 Å². The first kappa shape index (κ1) is 17.9. The molecule has 4 rings (SSSR count). The van der Waals surface area contributed by atoms with Crippen LogP contribution in [0.2, 0.25) is 0 Å². The number of hydrogen-bond donors (Lipinski definition) is 0. The van der Waals surface area contributed by atoms with Crippen molar-refractivity contribution in [2.75, 3.05) is 18.0 Å². The van der Waals surface area contributed by atoms with E-state index in [9.17, 15) is 4.39 Å². The van der Waals surface area contributed by atoms with Crippen LogP contribution in [0.4, 0.5) is 10.2 Å². The number of nitrogens with zero attached hydrogens (tertiary/aromatic N) is 5. The number of fused-ring (bicyclic) bond motifs is 1. The lowest BCUT2D eigenvalue weighted by Crippen LogP contribution is -2.43.